The number of hydrogen-bond acceptors (Lipinski definition) is 4. The molecule has 146 valence electrons. The summed E-state index contributed by atoms with van der Waals surface area (Å²) >= 11 is 12.2. The predicted molar refractivity (Wildman–Crippen MR) is 111 cm³/mol. The first-order chi connectivity index (χ1) is 13.4. The molecule has 0 aliphatic carbocycles. The van der Waals surface area contributed by atoms with E-state index in [0.29, 0.717) is 28.2 Å². The van der Waals surface area contributed by atoms with Gasteiger partial charge in [0.1, 0.15) is 0 Å². The molecule has 3 rings (SSSR count). The van der Waals surface area contributed by atoms with Gasteiger partial charge in [0.05, 0.1) is 22.8 Å². The molecule has 0 fully saturated rings. The van der Waals surface area contributed by atoms with Crippen molar-refractivity contribution >= 4 is 34.8 Å². The maximum Gasteiger partial charge on any atom is 0.336 e. The SMILES string of the molecule is COc1nc(-c2ccc(Cl)c(Cl)c2)n(-c2ccc(NC(=O)CC(C)C)cc2)n1. The Morgan fingerprint density at radius 2 is 1.86 bits per heavy atom. The fourth-order valence-electron chi connectivity index (χ4n) is 2.65. The highest BCUT2D eigenvalue weighted by atomic mass is 35.5. The molecule has 0 spiro atoms. The third-order valence-electron chi connectivity index (χ3n) is 3.94. The highest BCUT2D eigenvalue weighted by Gasteiger charge is 2.15. The van der Waals surface area contributed by atoms with Crippen LogP contribution in [0.1, 0.15) is 20.3 Å². The number of carbonyl (C=O) groups excluding carboxylic acids is 1. The third-order valence-corrected chi connectivity index (χ3v) is 4.68. The van der Waals surface area contributed by atoms with Crippen LogP contribution in [-0.4, -0.2) is 27.8 Å². The van der Waals surface area contributed by atoms with Gasteiger partial charge >= 0.3 is 6.01 Å². The van der Waals surface area contributed by atoms with E-state index in [-0.39, 0.29) is 11.9 Å². The summed E-state index contributed by atoms with van der Waals surface area (Å²) in [7, 11) is 1.51. The van der Waals surface area contributed by atoms with Crippen molar-refractivity contribution in [1.82, 2.24) is 14.8 Å². The van der Waals surface area contributed by atoms with E-state index in [1.807, 2.05) is 44.2 Å². The van der Waals surface area contributed by atoms with E-state index >= 15 is 0 Å². The second-order valence-electron chi connectivity index (χ2n) is 6.66. The van der Waals surface area contributed by atoms with Gasteiger partial charge in [-0.15, -0.1) is 5.10 Å². The molecule has 8 heteroatoms. The monoisotopic (exact) mass is 418 g/mol. The Bertz CT molecular complexity index is 984. The lowest BCUT2D eigenvalue weighted by Crippen LogP contribution is -2.13. The summed E-state index contributed by atoms with van der Waals surface area (Å²) in [5.41, 5.74) is 2.23. The van der Waals surface area contributed by atoms with Gasteiger partial charge in [-0.1, -0.05) is 37.0 Å². The second kappa shape index (κ2) is 8.63. The lowest BCUT2D eigenvalue weighted by molar-refractivity contribution is -0.116. The van der Waals surface area contributed by atoms with Crippen LogP contribution in [0, 0.1) is 5.92 Å². The molecule has 0 saturated carbocycles. The first-order valence-electron chi connectivity index (χ1n) is 8.74. The number of carbonyl (C=O) groups is 1. The molecule has 0 radical (unpaired) electrons. The first-order valence-corrected chi connectivity index (χ1v) is 9.49. The van der Waals surface area contributed by atoms with Gasteiger partial charge in [0, 0.05) is 17.7 Å². The van der Waals surface area contributed by atoms with Crippen molar-refractivity contribution in [3.63, 3.8) is 0 Å². The molecule has 3 aromatic rings. The summed E-state index contributed by atoms with van der Waals surface area (Å²) in [6, 6.07) is 12.8. The number of hydrogen-bond donors (Lipinski definition) is 1. The Morgan fingerprint density at radius 3 is 2.46 bits per heavy atom. The van der Waals surface area contributed by atoms with Crippen molar-refractivity contribution in [1.29, 1.82) is 0 Å². The Kier molecular flexibility index (Phi) is 6.21. The van der Waals surface area contributed by atoms with Crippen LogP contribution in [0.2, 0.25) is 10.0 Å². The summed E-state index contributed by atoms with van der Waals surface area (Å²) in [5.74, 6) is 0.851. The zero-order chi connectivity index (χ0) is 20.3. The van der Waals surface area contributed by atoms with Gasteiger partial charge in [-0.2, -0.15) is 4.98 Å². The molecule has 0 atom stereocenters. The van der Waals surface area contributed by atoms with Crippen LogP contribution >= 0.6 is 23.2 Å². The number of amides is 1. The van der Waals surface area contributed by atoms with Crippen LogP contribution in [0.4, 0.5) is 5.69 Å². The Labute approximate surface area is 173 Å². The van der Waals surface area contributed by atoms with Crippen molar-refractivity contribution in [3.8, 4) is 23.1 Å². The minimum atomic E-state index is -0.0123. The molecule has 28 heavy (non-hydrogen) atoms. The zero-order valence-corrected chi connectivity index (χ0v) is 17.3. The van der Waals surface area contributed by atoms with Gasteiger partial charge in [0.25, 0.3) is 0 Å². The van der Waals surface area contributed by atoms with Gasteiger partial charge in [-0.25, -0.2) is 4.68 Å². The van der Waals surface area contributed by atoms with Crippen LogP contribution < -0.4 is 10.1 Å². The van der Waals surface area contributed by atoms with E-state index in [4.69, 9.17) is 27.9 Å². The zero-order valence-electron chi connectivity index (χ0n) is 15.7. The number of ether oxygens (including phenoxy) is 1. The van der Waals surface area contributed by atoms with E-state index in [9.17, 15) is 4.79 Å². The number of methoxy groups -OCH3 is 1. The molecule has 0 aliphatic rings. The van der Waals surface area contributed by atoms with E-state index in [1.165, 1.54) is 7.11 Å². The van der Waals surface area contributed by atoms with Gasteiger partial charge in [0.15, 0.2) is 5.82 Å². The number of nitrogens with zero attached hydrogens (tertiary/aromatic N) is 3. The van der Waals surface area contributed by atoms with E-state index in [2.05, 4.69) is 15.4 Å². The highest BCUT2D eigenvalue weighted by molar-refractivity contribution is 6.42. The van der Waals surface area contributed by atoms with Crippen molar-refractivity contribution in [3.05, 3.63) is 52.5 Å². The highest BCUT2D eigenvalue weighted by Crippen LogP contribution is 2.30. The molecule has 1 heterocycles. The fraction of sp³-hybridized carbons (Fsp3) is 0.250. The fourth-order valence-corrected chi connectivity index (χ4v) is 2.95. The smallest absolute Gasteiger partial charge is 0.336 e. The Hall–Kier alpha value is -2.57. The molecule has 1 aromatic heterocycles. The van der Waals surface area contributed by atoms with Crippen molar-refractivity contribution < 1.29 is 9.53 Å². The van der Waals surface area contributed by atoms with Crippen molar-refractivity contribution in [2.45, 2.75) is 20.3 Å². The largest absolute Gasteiger partial charge is 0.466 e. The first kappa shape index (κ1) is 20.2. The number of benzene rings is 2. The summed E-state index contributed by atoms with van der Waals surface area (Å²) in [6.45, 7) is 4.01. The number of nitrogens with one attached hydrogen (secondary N) is 1. The normalized spacial score (nSPS) is 10.9. The van der Waals surface area contributed by atoms with Gasteiger partial charge in [-0.05, 0) is 48.4 Å². The average Bonchev–Trinajstić information content (AvgIpc) is 3.08. The number of rotatable bonds is 6. The molecular weight excluding hydrogens is 399 g/mol. The molecule has 1 amide bonds. The van der Waals surface area contributed by atoms with E-state index < -0.39 is 0 Å². The van der Waals surface area contributed by atoms with E-state index in [1.54, 1.807) is 16.8 Å². The maximum absolute atomic E-state index is 11.9. The Balaban J connectivity index is 1.92. The number of aromatic nitrogens is 3. The van der Waals surface area contributed by atoms with Gasteiger partial charge in [-0.3, -0.25) is 4.79 Å². The molecule has 2 aromatic carbocycles. The van der Waals surface area contributed by atoms with E-state index in [0.717, 1.165) is 16.9 Å². The predicted octanol–water partition coefficient (Wildman–Crippen LogP) is 5.23. The minimum Gasteiger partial charge on any atom is -0.466 e. The van der Waals surface area contributed by atoms with Crippen LogP contribution in [0.25, 0.3) is 17.1 Å². The third kappa shape index (κ3) is 4.64. The van der Waals surface area contributed by atoms with Crippen molar-refractivity contribution in [2.75, 3.05) is 12.4 Å². The summed E-state index contributed by atoms with van der Waals surface area (Å²) in [5, 5.41) is 8.15. The molecule has 0 aliphatic heterocycles. The average molecular weight is 419 g/mol. The maximum atomic E-state index is 11.9. The van der Waals surface area contributed by atoms with Crippen LogP contribution in [0.15, 0.2) is 42.5 Å². The molecule has 1 N–H and O–H groups in total. The van der Waals surface area contributed by atoms with Crippen LogP contribution in [-0.2, 0) is 4.79 Å². The van der Waals surface area contributed by atoms with Crippen molar-refractivity contribution in [2.24, 2.45) is 5.92 Å². The quantitative estimate of drug-likeness (QED) is 0.594. The summed E-state index contributed by atoms with van der Waals surface area (Å²) in [4.78, 5) is 16.3. The van der Waals surface area contributed by atoms with Crippen LogP contribution in [0.3, 0.4) is 0 Å². The second-order valence-corrected chi connectivity index (χ2v) is 7.47. The molecule has 0 bridgehead atoms. The molecule has 0 saturated heterocycles. The minimum absolute atomic E-state index is 0.0123. The summed E-state index contributed by atoms with van der Waals surface area (Å²) in [6.07, 6.45) is 0.476. The summed E-state index contributed by atoms with van der Waals surface area (Å²) < 4.78 is 6.84. The Morgan fingerprint density at radius 1 is 1.14 bits per heavy atom. The molecule has 6 nitrogen and oxygen atoms in total. The molecular formula is C20H20Cl2N4O2. The lowest BCUT2D eigenvalue weighted by Gasteiger charge is -2.09. The molecule has 0 unspecified atom stereocenters. The number of anilines is 1. The standard InChI is InChI=1S/C20H20Cl2N4O2/c1-12(2)10-18(27)23-14-5-7-15(8-6-14)26-19(24-20(25-26)28-3)13-4-9-16(21)17(22)11-13/h4-9,11-12H,10H2,1-3H3,(H,23,27). The van der Waals surface area contributed by atoms with Gasteiger partial charge in [0.2, 0.25) is 5.91 Å². The van der Waals surface area contributed by atoms with Crippen LogP contribution in [0.5, 0.6) is 6.01 Å². The topological polar surface area (TPSA) is 69.0 Å². The van der Waals surface area contributed by atoms with Gasteiger partial charge < -0.3 is 10.1 Å². The number of halogens is 2. The lowest BCUT2D eigenvalue weighted by atomic mass is 10.1.